The van der Waals surface area contributed by atoms with Crippen molar-refractivity contribution in [2.75, 3.05) is 23.4 Å². The van der Waals surface area contributed by atoms with Crippen LogP contribution in [0.25, 0.3) is 5.69 Å². The van der Waals surface area contributed by atoms with Crippen molar-refractivity contribution in [3.8, 4) is 5.69 Å². The Bertz CT molecular complexity index is 1050. The molecule has 0 spiro atoms. The Morgan fingerprint density at radius 3 is 2.93 bits per heavy atom. The lowest BCUT2D eigenvalue weighted by atomic mass is 10.2. The van der Waals surface area contributed by atoms with Crippen LogP contribution in [-0.2, 0) is 14.3 Å². The molecule has 10 nitrogen and oxygen atoms in total. The first-order chi connectivity index (χ1) is 14.1. The third kappa shape index (κ3) is 4.14. The predicted molar refractivity (Wildman–Crippen MR) is 104 cm³/mol. The number of nitrogens with one attached hydrogen (secondary N) is 1. The molecule has 0 bridgehead atoms. The van der Waals surface area contributed by atoms with Gasteiger partial charge in [-0.2, -0.15) is 4.68 Å². The smallest absolute Gasteiger partial charge is 0.351 e. The summed E-state index contributed by atoms with van der Waals surface area (Å²) in [5.41, 5.74) is 1.73. The first-order valence-electron chi connectivity index (χ1n) is 8.80. The number of hydrogen-bond donors (Lipinski definition) is 1. The number of hydrogen-bond acceptors (Lipinski definition) is 8. The zero-order valence-corrected chi connectivity index (χ0v) is 16.0. The maximum atomic E-state index is 12.3. The minimum Gasteiger partial charge on any atom is -0.451 e. The number of aromatic nitrogens is 4. The molecule has 0 saturated carbocycles. The van der Waals surface area contributed by atoms with Gasteiger partial charge >= 0.3 is 5.97 Å². The van der Waals surface area contributed by atoms with E-state index >= 15 is 0 Å². The Labute approximate surface area is 169 Å². The third-order valence-electron chi connectivity index (χ3n) is 4.28. The van der Waals surface area contributed by atoms with Gasteiger partial charge in [-0.15, -0.1) is 16.4 Å². The summed E-state index contributed by atoms with van der Waals surface area (Å²) in [5.74, 6) is -1.06. The van der Waals surface area contributed by atoms with Gasteiger partial charge in [0.2, 0.25) is 5.91 Å². The van der Waals surface area contributed by atoms with Crippen molar-refractivity contribution in [1.29, 1.82) is 0 Å². The van der Waals surface area contributed by atoms with Crippen molar-refractivity contribution in [2.45, 2.75) is 12.8 Å². The van der Waals surface area contributed by atoms with E-state index in [0.717, 1.165) is 12.1 Å². The molecular formula is C18H16N6O4S. The summed E-state index contributed by atoms with van der Waals surface area (Å²) < 4.78 is 6.46. The largest absolute Gasteiger partial charge is 0.451 e. The van der Waals surface area contributed by atoms with Gasteiger partial charge in [0.15, 0.2) is 6.61 Å². The highest BCUT2D eigenvalue weighted by atomic mass is 32.1. The molecule has 1 fully saturated rings. The molecule has 2 amide bonds. The van der Waals surface area contributed by atoms with Crippen molar-refractivity contribution >= 4 is 40.5 Å². The van der Waals surface area contributed by atoms with Gasteiger partial charge in [-0.25, -0.2) is 4.79 Å². The molecular weight excluding hydrogens is 396 g/mol. The molecule has 2 aromatic heterocycles. The van der Waals surface area contributed by atoms with Gasteiger partial charge in [0.25, 0.3) is 5.91 Å². The summed E-state index contributed by atoms with van der Waals surface area (Å²) in [6.07, 6.45) is 2.71. The molecule has 1 aromatic carbocycles. The van der Waals surface area contributed by atoms with Gasteiger partial charge in [0.1, 0.15) is 11.2 Å². The normalized spacial score (nSPS) is 13.5. The number of ether oxygens (including phenoxy) is 1. The molecule has 0 unspecified atom stereocenters. The fraction of sp³-hybridized carbons (Fsp3) is 0.222. The molecule has 1 aliphatic heterocycles. The maximum absolute atomic E-state index is 12.3. The molecule has 1 saturated heterocycles. The van der Waals surface area contributed by atoms with E-state index in [-0.39, 0.29) is 5.91 Å². The summed E-state index contributed by atoms with van der Waals surface area (Å²) in [6.45, 7) is 0.219. The molecule has 11 heteroatoms. The Morgan fingerprint density at radius 2 is 2.17 bits per heavy atom. The monoisotopic (exact) mass is 412 g/mol. The van der Waals surface area contributed by atoms with Crippen LogP contribution in [0.15, 0.2) is 42.0 Å². The lowest BCUT2D eigenvalue weighted by molar-refractivity contribution is -0.119. The number of nitrogens with zero attached hydrogens (tertiary/aromatic N) is 5. The first kappa shape index (κ1) is 18.7. The van der Waals surface area contributed by atoms with E-state index in [4.69, 9.17) is 4.74 Å². The van der Waals surface area contributed by atoms with Gasteiger partial charge in [0.05, 0.1) is 5.69 Å². The second kappa shape index (κ2) is 8.19. The Morgan fingerprint density at radius 1 is 1.28 bits per heavy atom. The number of anilines is 2. The average Bonchev–Trinajstić information content (AvgIpc) is 3.47. The first-order valence-corrected chi connectivity index (χ1v) is 9.68. The van der Waals surface area contributed by atoms with E-state index in [1.807, 2.05) is 6.07 Å². The lowest BCUT2D eigenvalue weighted by Crippen LogP contribution is -2.24. The quantitative estimate of drug-likeness (QED) is 0.611. The van der Waals surface area contributed by atoms with Crippen molar-refractivity contribution in [3.63, 3.8) is 0 Å². The average molecular weight is 412 g/mol. The minimum absolute atomic E-state index is 0.0664. The Kier molecular flexibility index (Phi) is 5.29. The zero-order chi connectivity index (χ0) is 20.2. The standard InChI is InChI=1S/C18H16N6O4S/c25-15(20-12-3-1-4-13(9-12)23-7-2-5-16(23)26)10-28-18(27)17-14(6-8-29-17)24-11-19-21-22-24/h1,3-4,6,8-9,11H,2,5,7,10H2,(H,20,25). The summed E-state index contributed by atoms with van der Waals surface area (Å²) in [4.78, 5) is 38.4. The van der Waals surface area contributed by atoms with Crippen LogP contribution in [0.1, 0.15) is 22.5 Å². The summed E-state index contributed by atoms with van der Waals surface area (Å²) in [6, 6.07) is 8.68. The lowest BCUT2D eigenvalue weighted by Gasteiger charge is -2.16. The number of carbonyl (C=O) groups is 3. The Balaban J connectivity index is 1.36. The van der Waals surface area contributed by atoms with Crippen LogP contribution < -0.4 is 10.2 Å². The summed E-state index contributed by atoms with van der Waals surface area (Å²) in [7, 11) is 0. The predicted octanol–water partition coefficient (Wildman–Crippen LogP) is 1.65. The molecule has 1 aliphatic rings. The van der Waals surface area contributed by atoms with E-state index in [1.165, 1.54) is 22.3 Å². The van der Waals surface area contributed by atoms with E-state index in [2.05, 4.69) is 20.8 Å². The number of thiophene rings is 1. The number of carbonyl (C=O) groups excluding carboxylic acids is 3. The number of tetrazole rings is 1. The van der Waals surface area contributed by atoms with Gasteiger partial charge in [-0.1, -0.05) is 6.07 Å². The number of benzene rings is 1. The number of esters is 1. The van der Waals surface area contributed by atoms with Crippen LogP contribution in [0, 0.1) is 0 Å². The third-order valence-corrected chi connectivity index (χ3v) is 5.16. The number of amides is 2. The SMILES string of the molecule is O=C(COC(=O)c1sccc1-n1cnnn1)Nc1cccc(N2CCCC2=O)c1. The molecule has 0 aliphatic carbocycles. The van der Waals surface area contributed by atoms with Gasteiger partial charge in [-0.05, 0) is 46.5 Å². The van der Waals surface area contributed by atoms with Crippen molar-refractivity contribution < 1.29 is 19.1 Å². The highest BCUT2D eigenvalue weighted by Crippen LogP contribution is 2.24. The fourth-order valence-corrected chi connectivity index (χ4v) is 3.74. The summed E-state index contributed by atoms with van der Waals surface area (Å²) >= 11 is 1.17. The van der Waals surface area contributed by atoms with E-state index in [9.17, 15) is 14.4 Å². The molecule has 0 atom stereocenters. The van der Waals surface area contributed by atoms with Crippen molar-refractivity contribution in [2.24, 2.45) is 0 Å². The Hall–Kier alpha value is -3.60. The number of rotatable bonds is 6. The van der Waals surface area contributed by atoms with Crippen LogP contribution >= 0.6 is 11.3 Å². The van der Waals surface area contributed by atoms with Gasteiger partial charge in [-0.3, -0.25) is 9.59 Å². The summed E-state index contributed by atoms with van der Waals surface area (Å²) in [5, 5.41) is 15.2. The highest BCUT2D eigenvalue weighted by Gasteiger charge is 2.22. The maximum Gasteiger partial charge on any atom is 0.351 e. The van der Waals surface area contributed by atoms with Crippen LogP contribution in [0.4, 0.5) is 11.4 Å². The van der Waals surface area contributed by atoms with E-state index in [0.29, 0.717) is 29.2 Å². The van der Waals surface area contributed by atoms with Gasteiger partial charge in [0, 0.05) is 24.3 Å². The van der Waals surface area contributed by atoms with Crippen LogP contribution in [0.5, 0.6) is 0 Å². The molecule has 3 heterocycles. The highest BCUT2D eigenvalue weighted by molar-refractivity contribution is 7.12. The second-order valence-electron chi connectivity index (χ2n) is 6.21. The van der Waals surface area contributed by atoms with Crippen molar-refractivity contribution in [3.05, 3.63) is 46.9 Å². The molecule has 3 aromatic rings. The van der Waals surface area contributed by atoms with Crippen LogP contribution in [0.2, 0.25) is 0 Å². The molecule has 29 heavy (non-hydrogen) atoms. The minimum atomic E-state index is -0.642. The van der Waals surface area contributed by atoms with Crippen molar-refractivity contribution in [1.82, 2.24) is 20.2 Å². The van der Waals surface area contributed by atoms with Gasteiger partial charge < -0.3 is 15.0 Å². The van der Waals surface area contributed by atoms with Crippen LogP contribution in [0.3, 0.4) is 0 Å². The molecule has 148 valence electrons. The molecule has 0 radical (unpaired) electrons. The van der Waals surface area contributed by atoms with Crippen LogP contribution in [-0.4, -0.2) is 51.1 Å². The second-order valence-corrected chi connectivity index (χ2v) is 7.13. The fourth-order valence-electron chi connectivity index (χ4n) is 2.97. The van der Waals surface area contributed by atoms with E-state index in [1.54, 1.807) is 34.5 Å². The topological polar surface area (TPSA) is 119 Å². The van der Waals surface area contributed by atoms with E-state index < -0.39 is 18.5 Å². The molecule has 4 rings (SSSR count). The molecule has 1 N–H and O–H groups in total. The zero-order valence-electron chi connectivity index (χ0n) is 15.1.